The zero-order valence-electron chi connectivity index (χ0n) is 26.8. The molecule has 4 atom stereocenters. The monoisotopic (exact) mass is 662 g/mol. The number of nitrogens with one attached hydrogen (secondary N) is 3. The van der Waals surface area contributed by atoms with E-state index in [-0.39, 0.29) is 44.3 Å². The fraction of sp³-hybridized carbons (Fsp3) is 0.613. The molecule has 1 aromatic carbocycles. The molecule has 1 aromatic rings. The average molecular weight is 663 g/mol. The molecule has 1 aliphatic rings. The number of hydrogen-bond acceptors (Lipinski definition) is 12. The summed E-state index contributed by atoms with van der Waals surface area (Å²) >= 11 is 0. The maximum Gasteiger partial charge on any atom is 0.355 e. The van der Waals surface area contributed by atoms with Crippen molar-refractivity contribution >= 4 is 35.5 Å². The Morgan fingerprint density at radius 2 is 1.13 bits per heavy atom. The van der Waals surface area contributed by atoms with Gasteiger partial charge in [-0.3, -0.25) is 24.0 Å². The Hall–Kier alpha value is -4.12. The SMILES string of the molecule is NCCCC[C@H](NC(=O)[C@H](CCCCN)NC(=O)[C@@H](N)Cc1ccc(O)cc1)C(=O)N[C@@H](CCCCN)C(=O)ON1C(=O)CCC1=O. The van der Waals surface area contributed by atoms with E-state index in [4.69, 9.17) is 27.8 Å². The van der Waals surface area contributed by atoms with Gasteiger partial charge < -0.3 is 48.8 Å². The molecular formula is C31H50N8O8. The predicted octanol–water partition coefficient (Wildman–Crippen LogP) is -1.29. The molecule has 1 aliphatic heterocycles. The van der Waals surface area contributed by atoms with Crippen LogP contribution in [0.25, 0.3) is 0 Å². The van der Waals surface area contributed by atoms with Crippen molar-refractivity contribution in [3.8, 4) is 5.75 Å². The number of carbonyl (C=O) groups excluding carboxylic acids is 6. The molecule has 16 nitrogen and oxygen atoms in total. The van der Waals surface area contributed by atoms with Crippen LogP contribution < -0.4 is 38.9 Å². The molecule has 5 amide bonds. The highest BCUT2D eigenvalue weighted by atomic mass is 16.7. The zero-order valence-corrected chi connectivity index (χ0v) is 26.8. The summed E-state index contributed by atoms with van der Waals surface area (Å²) in [4.78, 5) is 82.2. The molecule has 0 saturated carbocycles. The molecule has 1 heterocycles. The third-order valence-corrected chi connectivity index (χ3v) is 7.62. The van der Waals surface area contributed by atoms with E-state index in [1.54, 1.807) is 12.1 Å². The number of benzene rings is 1. The van der Waals surface area contributed by atoms with Crippen LogP contribution in [0.15, 0.2) is 24.3 Å². The van der Waals surface area contributed by atoms with Gasteiger partial charge in [0.15, 0.2) is 0 Å². The number of rotatable bonds is 22. The number of carbonyl (C=O) groups is 6. The highest BCUT2D eigenvalue weighted by Gasteiger charge is 2.36. The molecule has 2 rings (SSSR count). The Bertz CT molecular complexity index is 1180. The Balaban J connectivity index is 2.18. The molecule has 0 aliphatic carbocycles. The van der Waals surface area contributed by atoms with Gasteiger partial charge in [0.05, 0.1) is 6.04 Å². The summed E-state index contributed by atoms with van der Waals surface area (Å²) in [7, 11) is 0. The smallest absolute Gasteiger partial charge is 0.355 e. The minimum absolute atomic E-state index is 0.0732. The summed E-state index contributed by atoms with van der Waals surface area (Å²) in [6.07, 6.45) is 3.59. The van der Waals surface area contributed by atoms with Gasteiger partial charge in [-0.2, -0.15) is 0 Å². The highest BCUT2D eigenvalue weighted by molar-refractivity contribution is 6.02. The zero-order chi connectivity index (χ0) is 34.8. The fourth-order valence-electron chi connectivity index (χ4n) is 4.88. The minimum atomic E-state index is -1.23. The second kappa shape index (κ2) is 20.9. The van der Waals surface area contributed by atoms with Gasteiger partial charge >= 0.3 is 5.97 Å². The number of phenolic OH excluding ortho intramolecular Hbond substituents is 1. The van der Waals surface area contributed by atoms with E-state index < -0.39 is 59.7 Å². The summed E-state index contributed by atoms with van der Waals surface area (Å²) in [6, 6.07) is 1.84. The molecular weight excluding hydrogens is 612 g/mol. The van der Waals surface area contributed by atoms with Crippen molar-refractivity contribution in [2.24, 2.45) is 22.9 Å². The molecule has 12 N–H and O–H groups in total. The van der Waals surface area contributed by atoms with Crippen molar-refractivity contribution in [3.63, 3.8) is 0 Å². The van der Waals surface area contributed by atoms with Gasteiger partial charge in [-0.05, 0) is 102 Å². The fourth-order valence-corrected chi connectivity index (χ4v) is 4.88. The molecule has 0 unspecified atom stereocenters. The maximum absolute atomic E-state index is 13.6. The summed E-state index contributed by atoms with van der Waals surface area (Å²) in [5.41, 5.74) is 23.7. The first-order valence-corrected chi connectivity index (χ1v) is 16.1. The van der Waals surface area contributed by atoms with Gasteiger partial charge in [0.2, 0.25) is 17.7 Å². The summed E-state index contributed by atoms with van der Waals surface area (Å²) < 4.78 is 0. The Morgan fingerprint density at radius 3 is 1.60 bits per heavy atom. The van der Waals surface area contributed by atoms with Gasteiger partial charge in [0.25, 0.3) is 11.8 Å². The van der Waals surface area contributed by atoms with Gasteiger partial charge in [0.1, 0.15) is 23.9 Å². The van der Waals surface area contributed by atoms with Crippen molar-refractivity contribution in [1.29, 1.82) is 0 Å². The van der Waals surface area contributed by atoms with E-state index in [1.165, 1.54) is 12.1 Å². The van der Waals surface area contributed by atoms with Crippen LogP contribution in [0.3, 0.4) is 0 Å². The molecule has 1 fully saturated rings. The minimum Gasteiger partial charge on any atom is -0.508 e. The van der Waals surface area contributed by atoms with E-state index in [1.807, 2.05) is 0 Å². The molecule has 47 heavy (non-hydrogen) atoms. The first kappa shape index (κ1) is 39.1. The number of phenols is 1. The first-order chi connectivity index (χ1) is 22.5. The quantitative estimate of drug-likeness (QED) is 0.0532. The van der Waals surface area contributed by atoms with E-state index in [0.29, 0.717) is 68.8 Å². The lowest BCUT2D eigenvalue weighted by atomic mass is 10.0. The van der Waals surface area contributed by atoms with E-state index in [9.17, 15) is 33.9 Å². The summed E-state index contributed by atoms with van der Waals surface area (Å²) in [6.45, 7) is 1.07. The van der Waals surface area contributed by atoms with Crippen LogP contribution in [0, 0.1) is 0 Å². The Morgan fingerprint density at radius 1 is 0.702 bits per heavy atom. The molecule has 16 heteroatoms. The van der Waals surface area contributed by atoms with E-state index in [0.717, 1.165) is 0 Å². The standard InChI is InChI=1S/C31H50N8O8/c32-16-4-1-7-23(36-28(43)22(35)19-20-10-12-21(40)13-11-20)29(44)37-24(8-2-5-17-33)30(45)38-25(9-3-6-18-34)31(46)47-39-26(41)14-15-27(39)42/h10-13,22-25,40H,1-9,14-19,32-35H2,(H,36,43)(H,37,44)(H,38,45)/t22-,23-,24-,25-/m0/s1. The van der Waals surface area contributed by atoms with Crippen LogP contribution >= 0.6 is 0 Å². The second-order valence-corrected chi connectivity index (χ2v) is 11.5. The molecule has 262 valence electrons. The Labute approximate surface area is 274 Å². The Kier molecular flexibility index (Phi) is 17.4. The molecule has 0 radical (unpaired) electrons. The number of aromatic hydroxyl groups is 1. The van der Waals surface area contributed by atoms with Crippen molar-refractivity contribution in [2.75, 3.05) is 19.6 Å². The van der Waals surface area contributed by atoms with Crippen molar-refractivity contribution < 1.29 is 38.7 Å². The largest absolute Gasteiger partial charge is 0.508 e. The highest BCUT2D eigenvalue weighted by Crippen LogP contribution is 2.15. The number of unbranched alkanes of at least 4 members (excludes halogenated alkanes) is 3. The lowest BCUT2D eigenvalue weighted by Gasteiger charge is -2.26. The molecule has 1 saturated heterocycles. The van der Waals surface area contributed by atoms with E-state index >= 15 is 0 Å². The lowest BCUT2D eigenvalue weighted by molar-refractivity contribution is -0.199. The maximum atomic E-state index is 13.6. The number of nitrogens with zero attached hydrogens (tertiary/aromatic N) is 1. The molecule has 0 spiro atoms. The second-order valence-electron chi connectivity index (χ2n) is 11.5. The number of nitrogens with two attached hydrogens (primary N) is 4. The van der Waals surface area contributed by atoms with Crippen molar-refractivity contribution in [1.82, 2.24) is 21.0 Å². The number of imide groups is 1. The van der Waals surface area contributed by atoms with E-state index in [2.05, 4.69) is 16.0 Å². The topological polar surface area (TPSA) is 275 Å². The third-order valence-electron chi connectivity index (χ3n) is 7.62. The predicted molar refractivity (Wildman–Crippen MR) is 171 cm³/mol. The van der Waals surface area contributed by atoms with Crippen LogP contribution in [-0.4, -0.2) is 89.5 Å². The number of hydroxylamine groups is 2. The van der Waals surface area contributed by atoms with Crippen LogP contribution in [-0.2, 0) is 40.0 Å². The van der Waals surface area contributed by atoms with Gasteiger partial charge in [0, 0.05) is 12.8 Å². The number of hydrogen-bond donors (Lipinski definition) is 8. The number of amides is 5. The van der Waals surface area contributed by atoms with Crippen LogP contribution in [0.5, 0.6) is 5.75 Å². The molecule has 0 bridgehead atoms. The average Bonchev–Trinajstić information content (AvgIpc) is 3.36. The van der Waals surface area contributed by atoms with Gasteiger partial charge in [-0.1, -0.05) is 12.1 Å². The van der Waals surface area contributed by atoms with Crippen molar-refractivity contribution in [3.05, 3.63) is 29.8 Å². The van der Waals surface area contributed by atoms with Crippen molar-refractivity contribution in [2.45, 2.75) is 101 Å². The lowest BCUT2D eigenvalue weighted by Crippen LogP contribution is -2.57. The normalized spacial score (nSPS) is 15.4. The van der Waals surface area contributed by atoms with Gasteiger partial charge in [-0.25, -0.2) is 4.79 Å². The van der Waals surface area contributed by atoms with Crippen LogP contribution in [0.4, 0.5) is 0 Å². The third kappa shape index (κ3) is 13.6. The first-order valence-electron chi connectivity index (χ1n) is 16.1. The van der Waals surface area contributed by atoms with Crippen LogP contribution in [0.2, 0.25) is 0 Å². The van der Waals surface area contributed by atoms with Gasteiger partial charge in [-0.15, -0.1) is 5.06 Å². The molecule has 0 aromatic heterocycles. The summed E-state index contributed by atoms with van der Waals surface area (Å²) in [5, 5.41) is 17.9. The van der Waals surface area contributed by atoms with Crippen LogP contribution in [0.1, 0.15) is 76.2 Å². The summed E-state index contributed by atoms with van der Waals surface area (Å²) in [5.74, 6) is -4.15.